The highest BCUT2D eigenvalue weighted by Gasteiger charge is 2.33. The molecule has 1 N–H and O–H groups in total. The minimum absolute atomic E-state index is 0. The molecule has 18 heavy (non-hydrogen) atoms. The monoisotopic (exact) mass is 272 g/mol. The van der Waals surface area contributed by atoms with Crippen molar-refractivity contribution in [3.8, 4) is 6.07 Å². The van der Waals surface area contributed by atoms with Crippen molar-refractivity contribution in [2.24, 2.45) is 5.41 Å². The van der Waals surface area contributed by atoms with Gasteiger partial charge in [-0.05, 0) is 44.0 Å². The molecule has 1 aliphatic rings. The molecule has 1 fully saturated rings. The molecule has 0 aromatic heterocycles. The lowest BCUT2D eigenvalue weighted by Gasteiger charge is -2.31. The third kappa shape index (κ3) is 3.18. The highest BCUT2D eigenvalue weighted by atomic mass is 35.5. The van der Waals surface area contributed by atoms with Crippen molar-refractivity contribution in [2.45, 2.75) is 19.3 Å². The van der Waals surface area contributed by atoms with Gasteiger partial charge < -0.3 is 5.32 Å². The topological polar surface area (TPSA) is 35.8 Å². The van der Waals surface area contributed by atoms with Gasteiger partial charge in [-0.15, -0.1) is 12.4 Å². The van der Waals surface area contributed by atoms with Crippen LogP contribution in [0.2, 0.25) is 0 Å². The van der Waals surface area contributed by atoms with E-state index in [-0.39, 0.29) is 12.4 Å². The van der Waals surface area contributed by atoms with Crippen LogP contribution in [0.15, 0.2) is 18.2 Å². The van der Waals surface area contributed by atoms with Crippen LogP contribution in [0.5, 0.6) is 0 Å². The molecule has 1 aliphatic heterocycles. The van der Waals surface area contributed by atoms with Crippen LogP contribution in [0.1, 0.15) is 18.4 Å². The van der Waals surface area contributed by atoms with Crippen molar-refractivity contribution < 1.29 is 8.78 Å². The lowest BCUT2D eigenvalue weighted by molar-refractivity contribution is 0.277. The number of piperidine rings is 1. The fourth-order valence-corrected chi connectivity index (χ4v) is 2.26. The molecule has 0 atom stereocenters. The lowest BCUT2D eigenvalue weighted by atomic mass is 9.75. The summed E-state index contributed by atoms with van der Waals surface area (Å²) in [6.07, 6.45) is 1.78. The van der Waals surface area contributed by atoms with E-state index in [4.69, 9.17) is 0 Å². The van der Waals surface area contributed by atoms with E-state index < -0.39 is 17.0 Å². The van der Waals surface area contributed by atoms with Crippen LogP contribution in [0, 0.1) is 28.4 Å². The normalized spacial score (nSPS) is 17.6. The fourth-order valence-electron chi connectivity index (χ4n) is 2.26. The van der Waals surface area contributed by atoms with Crippen molar-refractivity contribution >= 4 is 12.4 Å². The molecule has 2 rings (SSSR count). The van der Waals surface area contributed by atoms with Crippen molar-refractivity contribution in [3.05, 3.63) is 35.4 Å². The average Bonchev–Trinajstić information content (AvgIpc) is 2.34. The van der Waals surface area contributed by atoms with Crippen LogP contribution in [0.4, 0.5) is 8.78 Å². The Balaban J connectivity index is 0.00000162. The van der Waals surface area contributed by atoms with Gasteiger partial charge in [0.15, 0.2) is 0 Å². The molecule has 1 saturated heterocycles. The Labute approximate surface area is 111 Å². The van der Waals surface area contributed by atoms with Gasteiger partial charge in [0.1, 0.15) is 11.6 Å². The highest BCUT2D eigenvalue weighted by molar-refractivity contribution is 5.85. The van der Waals surface area contributed by atoms with Gasteiger partial charge in [-0.3, -0.25) is 0 Å². The predicted octanol–water partition coefficient (Wildman–Crippen LogP) is 2.82. The average molecular weight is 273 g/mol. The van der Waals surface area contributed by atoms with Crippen molar-refractivity contribution in [2.75, 3.05) is 13.1 Å². The summed E-state index contributed by atoms with van der Waals surface area (Å²) in [5.74, 6) is -1.14. The summed E-state index contributed by atoms with van der Waals surface area (Å²) in [7, 11) is 0. The molecule has 98 valence electrons. The van der Waals surface area contributed by atoms with E-state index in [2.05, 4.69) is 11.4 Å². The number of nitrogens with one attached hydrogen (secondary N) is 1. The summed E-state index contributed by atoms with van der Waals surface area (Å²) in [4.78, 5) is 0. The Hall–Kier alpha value is -1.18. The Bertz CT molecular complexity index is 451. The van der Waals surface area contributed by atoms with E-state index >= 15 is 0 Å². The Morgan fingerprint density at radius 1 is 1.28 bits per heavy atom. The van der Waals surface area contributed by atoms with Gasteiger partial charge in [0, 0.05) is 6.07 Å². The smallest absolute Gasteiger partial charge is 0.129 e. The van der Waals surface area contributed by atoms with E-state index in [0.717, 1.165) is 19.2 Å². The third-order valence-electron chi connectivity index (χ3n) is 3.34. The molecular weight excluding hydrogens is 258 g/mol. The van der Waals surface area contributed by atoms with Crippen molar-refractivity contribution in [1.82, 2.24) is 5.32 Å². The van der Waals surface area contributed by atoms with Crippen molar-refractivity contribution in [3.63, 3.8) is 0 Å². The molecule has 0 bridgehead atoms. The molecule has 0 radical (unpaired) electrons. The number of benzene rings is 1. The highest BCUT2D eigenvalue weighted by Crippen LogP contribution is 2.32. The zero-order valence-electron chi connectivity index (χ0n) is 9.88. The van der Waals surface area contributed by atoms with E-state index in [9.17, 15) is 14.0 Å². The molecule has 0 aliphatic carbocycles. The van der Waals surface area contributed by atoms with Crippen LogP contribution in [0.3, 0.4) is 0 Å². The second-order valence-corrected chi connectivity index (χ2v) is 4.55. The molecule has 0 saturated carbocycles. The zero-order chi connectivity index (χ0) is 12.3. The number of nitrogens with zero attached hydrogens (tertiary/aromatic N) is 1. The molecule has 0 unspecified atom stereocenters. The van der Waals surface area contributed by atoms with E-state index in [0.29, 0.717) is 24.8 Å². The largest absolute Gasteiger partial charge is 0.317 e. The maximum absolute atomic E-state index is 13.5. The molecule has 5 heteroatoms. The first-order chi connectivity index (χ1) is 8.15. The maximum Gasteiger partial charge on any atom is 0.129 e. The van der Waals surface area contributed by atoms with Crippen LogP contribution in [0.25, 0.3) is 0 Å². The second kappa shape index (κ2) is 6.12. The molecule has 1 aromatic rings. The number of halogens is 3. The van der Waals surface area contributed by atoms with Gasteiger partial charge in [0.05, 0.1) is 11.5 Å². The summed E-state index contributed by atoms with van der Waals surface area (Å²) >= 11 is 0. The summed E-state index contributed by atoms with van der Waals surface area (Å²) in [6, 6.07) is 5.86. The number of rotatable bonds is 2. The first-order valence-electron chi connectivity index (χ1n) is 5.71. The summed E-state index contributed by atoms with van der Waals surface area (Å²) in [5.41, 5.74) is -0.0842. The van der Waals surface area contributed by atoms with Crippen molar-refractivity contribution in [1.29, 1.82) is 5.26 Å². The Kier molecular flexibility index (Phi) is 5.06. The quantitative estimate of drug-likeness (QED) is 0.899. The lowest BCUT2D eigenvalue weighted by Crippen LogP contribution is -2.37. The summed E-state index contributed by atoms with van der Waals surface area (Å²) < 4.78 is 26.3. The van der Waals surface area contributed by atoms with E-state index in [1.165, 1.54) is 12.1 Å². The van der Waals surface area contributed by atoms with Gasteiger partial charge in [0.25, 0.3) is 0 Å². The fraction of sp³-hybridized carbons (Fsp3) is 0.462. The number of nitriles is 1. The Morgan fingerprint density at radius 3 is 2.50 bits per heavy atom. The second-order valence-electron chi connectivity index (χ2n) is 4.55. The first kappa shape index (κ1) is 14.9. The van der Waals surface area contributed by atoms with Crippen LogP contribution in [-0.2, 0) is 6.42 Å². The molecule has 0 amide bonds. The number of hydrogen-bond acceptors (Lipinski definition) is 2. The van der Waals surface area contributed by atoms with Gasteiger partial charge in [-0.2, -0.15) is 5.26 Å². The minimum Gasteiger partial charge on any atom is -0.317 e. The van der Waals surface area contributed by atoms with Crippen LogP contribution >= 0.6 is 12.4 Å². The Morgan fingerprint density at radius 2 is 1.94 bits per heavy atom. The van der Waals surface area contributed by atoms with Gasteiger partial charge in [0.2, 0.25) is 0 Å². The standard InChI is InChI=1S/C13H14F2N2.ClH/c14-11-2-1-10(12(15)7-11)8-13(9-16)3-5-17-6-4-13;/h1-2,7,17H,3-6,8H2;1H. The maximum atomic E-state index is 13.5. The molecule has 0 spiro atoms. The van der Waals surface area contributed by atoms with Gasteiger partial charge >= 0.3 is 0 Å². The van der Waals surface area contributed by atoms with Crippen LogP contribution in [-0.4, -0.2) is 13.1 Å². The number of hydrogen-bond donors (Lipinski definition) is 1. The first-order valence-corrected chi connectivity index (χ1v) is 5.71. The third-order valence-corrected chi connectivity index (χ3v) is 3.34. The minimum atomic E-state index is -0.581. The van der Waals surface area contributed by atoms with Gasteiger partial charge in [-0.25, -0.2) is 8.78 Å². The van der Waals surface area contributed by atoms with Gasteiger partial charge in [-0.1, -0.05) is 6.07 Å². The molecule has 1 aromatic carbocycles. The summed E-state index contributed by atoms with van der Waals surface area (Å²) in [5, 5.41) is 12.5. The molecular formula is C13H15ClF2N2. The molecule has 2 nitrogen and oxygen atoms in total. The zero-order valence-corrected chi connectivity index (χ0v) is 10.7. The van der Waals surface area contributed by atoms with E-state index in [1.54, 1.807) is 0 Å². The van der Waals surface area contributed by atoms with E-state index in [1.807, 2.05) is 0 Å². The predicted molar refractivity (Wildman–Crippen MR) is 67.5 cm³/mol. The van der Waals surface area contributed by atoms with Crippen LogP contribution < -0.4 is 5.32 Å². The summed E-state index contributed by atoms with van der Waals surface area (Å²) in [6.45, 7) is 1.55. The molecule has 1 heterocycles. The SMILES string of the molecule is Cl.N#CC1(Cc2ccc(F)cc2F)CCNCC1.